The quantitative estimate of drug-likeness (QED) is 0.0649. The van der Waals surface area contributed by atoms with Crippen LogP contribution in [0.5, 0.6) is 11.6 Å². The van der Waals surface area contributed by atoms with E-state index in [4.69, 9.17) is 24.5 Å². The largest absolute Gasteiger partial charge is 0.507 e. The number of hydrogen-bond donors (Lipinski definition) is 6. The van der Waals surface area contributed by atoms with Gasteiger partial charge in [0.1, 0.15) is 30.1 Å². The van der Waals surface area contributed by atoms with Crippen molar-refractivity contribution in [3.05, 3.63) is 113 Å². The molecule has 2 amide bonds. The fourth-order valence-corrected chi connectivity index (χ4v) is 8.03. The molecular formula is C43H51N9O8S. The van der Waals surface area contributed by atoms with Crippen LogP contribution in [0, 0.1) is 12.8 Å². The maximum Gasteiger partial charge on any atom is 0.254 e. The zero-order valence-electron chi connectivity index (χ0n) is 34.2. The number of likely N-dealkylation sites (tertiary alicyclic amines) is 1. The average Bonchev–Trinajstić information content (AvgIpc) is 4.08. The predicted octanol–water partition coefficient (Wildman–Crippen LogP) is 3.91. The Morgan fingerprint density at radius 1 is 1.05 bits per heavy atom. The number of allylic oxidation sites excluding steroid dienone is 2. The van der Waals surface area contributed by atoms with Crippen LogP contribution in [0.15, 0.2) is 88.9 Å². The second kappa shape index (κ2) is 19.9. The van der Waals surface area contributed by atoms with Crippen LogP contribution in [-0.4, -0.2) is 98.6 Å². The summed E-state index contributed by atoms with van der Waals surface area (Å²) in [5.74, 6) is -0.491. The number of nitrogens with two attached hydrogens (primary N) is 1. The van der Waals surface area contributed by atoms with Crippen LogP contribution in [0.4, 0.5) is 0 Å². The van der Waals surface area contributed by atoms with E-state index in [0.29, 0.717) is 49.2 Å². The summed E-state index contributed by atoms with van der Waals surface area (Å²) in [7, 11) is 0. The van der Waals surface area contributed by atoms with E-state index in [1.807, 2.05) is 75.0 Å². The minimum Gasteiger partial charge on any atom is -0.507 e. The van der Waals surface area contributed by atoms with Crippen LogP contribution in [0.25, 0.3) is 21.7 Å². The Labute approximate surface area is 357 Å². The van der Waals surface area contributed by atoms with Gasteiger partial charge in [-0.3, -0.25) is 25.1 Å². The highest BCUT2D eigenvalue weighted by Crippen LogP contribution is 2.33. The molecule has 3 aromatic heterocycles. The van der Waals surface area contributed by atoms with Gasteiger partial charge in [-0.2, -0.15) is 5.10 Å². The number of amides is 2. The monoisotopic (exact) mass is 853 g/mol. The van der Waals surface area contributed by atoms with Gasteiger partial charge in [0.05, 0.1) is 67.1 Å². The number of hydrogen-bond acceptors (Lipinski definition) is 15. The first-order valence-electron chi connectivity index (χ1n) is 20.1. The number of aliphatic hydroxyl groups excluding tert-OH is 1. The number of aliphatic hydroxyl groups is 1. The smallest absolute Gasteiger partial charge is 0.254 e. The Bertz CT molecular complexity index is 2340. The molecule has 3 atom stereocenters. The molecule has 2 aromatic carbocycles. The van der Waals surface area contributed by atoms with E-state index in [-0.39, 0.29) is 62.1 Å². The van der Waals surface area contributed by atoms with Crippen molar-refractivity contribution in [2.45, 2.75) is 58.3 Å². The summed E-state index contributed by atoms with van der Waals surface area (Å²) in [6.45, 7) is 8.18. The van der Waals surface area contributed by atoms with Crippen LogP contribution in [0.3, 0.4) is 0 Å². The fourth-order valence-electron chi connectivity index (χ4n) is 7.22. The first-order valence-corrected chi connectivity index (χ1v) is 21.0. The van der Waals surface area contributed by atoms with Crippen molar-refractivity contribution < 1.29 is 38.5 Å². The number of phenols is 1. The Kier molecular flexibility index (Phi) is 14.0. The molecule has 7 N–H and O–H groups in total. The maximum absolute atomic E-state index is 14.0. The number of rotatable bonds is 19. The van der Waals surface area contributed by atoms with Crippen LogP contribution in [-0.2, 0) is 32.2 Å². The van der Waals surface area contributed by atoms with Crippen molar-refractivity contribution in [2.75, 3.05) is 39.6 Å². The Hall–Kier alpha value is -6.21. The van der Waals surface area contributed by atoms with E-state index in [1.165, 1.54) is 4.90 Å². The van der Waals surface area contributed by atoms with E-state index in [2.05, 4.69) is 31.4 Å². The summed E-state index contributed by atoms with van der Waals surface area (Å²) >= 11 is 1.58. The van der Waals surface area contributed by atoms with Gasteiger partial charge in [0, 0.05) is 48.5 Å². The molecule has 1 fully saturated rings. The lowest BCUT2D eigenvalue weighted by Gasteiger charge is -2.28. The van der Waals surface area contributed by atoms with Crippen molar-refractivity contribution in [1.29, 1.82) is 0 Å². The number of aryl methyl sites for hydroxylation is 1. The highest BCUT2D eigenvalue weighted by atomic mass is 32.1. The van der Waals surface area contributed by atoms with Crippen LogP contribution in [0.1, 0.15) is 54.3 Å². The SMILES string of the molecule is Cc1ncsc1-c1ccc(CNC(=O)[C@@H]2C[C@@H](O)CN2C(=O)[C@H](c2cc(OCCOCCOCCn3cc(C4=C(N)NNC(c5ccccc5O)=C4)cn3)no2)C(C)C)cc1. The van der Waals surface area contributed by atoms with Crippen LogP contribution in [0.2, 0.25) is 0 Å². The summed E-state index contributed by atoms with van der Waals surface area (Å²) in [5, 5.41) is 32.2. The van der Waals surface area contributed by atoms with Gasteiger partial charge in [-0.1, -0.05) is 50.2 Å². The number of nitrogens with one attached hydrogen (secondary N) is 3. The minimum absolute atomic E-state index is 0.0389. The number of nitrogens with zero attached hydrogens (tertiary/aromatic N) is 5. The van der Waals surface area contributed by atoms with Crippen molar-refractivity contribution >= 4 is 34.4 Å². The van der Waals surface area contributed by atoms with Crippen molar-refractivity contribution in [1.82, 2.24) is 41.0 Å². The van der Waals surface area contributed by atoms with E-state index in [9.17, 15) is 19.8 Å². The number of benzene rings is 2. The number of phenolic OH excluding ortho intramolecular Hbond substituents is 1. The predicted molar refractivity (Wildman–Crippen MR) is 227 cm³/mol. The second-order valence-corrected chi connectivity index (χ2v) is 15.9. The maximum atomic E-state index is 14.0. The van der Waals surface area contributed by atoms with Crippen molar-refractivity contribution in [3.63, 3.8) is 0 Å². The molecule has 322 valence electrons. The van der Waals surface area contributed by atoms with Gasteiger partial charge in [0.2, 0.25) is 11.8 Å². The molecule has 0 unspecified atom stereocenters. The average molecular weight is 854 g/mol. The van der Waals surface area contributed by atoms with Crippen LogP contribution >= 0.6 is 11.3 Å². The molecule has 1 saturated heterocycles. The van der Waals surface area contributed by atoms with Gasteiger partial charge < -0.3 is 44.9 Å². The Morgan fingerprint density at radius 3 is 2.57 bits per heavy atom. The molecule has 0 radical (unpaired) electrons. The highest BCUT2D eigenvalue weighted by molar-refractivity contribution is 7.13. The molecule has 0 bridgehead atoms. The molecule has 61 heavy (non-hydrogen) atoms. The standard InChI is InChI=1S/C43H51N9O8S/c1-26(2)39(43(56)52-24-31(53)18-35(52)42(55)45-21-28-8-10-29(11-9-28)40-27(3)46-25-61-40)37-20-38(50-60-37)59-17-16-58-15-14-57-13-12-51-23-30(22-47-51)33-19-34(48-49-41(33)44)32-6-4-5-7-36(32)54/h4-11,19-20,22-23,25-26,31,35,39,48-49,53-54H,12-18,21,24,44H2,1-3H3,(H,45,55)/t31-,35+,39+/m1/s1. The summed E-state index contributed by atoms with van der Waals surface area (Å²) in [6.07, 6.45) is 4.77. The molecule has 0 aliphatic carbocycles. The third kappa shape index (κ3) is 10.6. The lowest BCUT2D eigenvalue weighted by molar-refractivity contribution is -0.141. The zero-order chi connectivity index (χ0) is 42.9. The summed E-state index contributed by atoms with van der Waals surface area (Å²) in [5.41, 5.74) is 19.8. The topological polar surface area (TPSA) is 224 Å². The first kappa shape index (κ1) is 42.9. The number of aromatic hydroxyl groups is 1. The number of β-amino-alcohol motifs (C(OH)–C–C–N with tert-alkyl or cyclic N) is 1. The second-order valence-electron chi connectivity index (χ2n) is 15.1. The fraction of sp³-hybridized carbons (Fsp3) is 0.372. The molecule has 5 heterocycles. The Balaban J connectivity index is 0.815. The van der Waals surface area contributed by atoms with Crippen molar-refractivity contribution in [2.24, 2.45) is 11.7 Å². The molecule has 2 aliphatic rings. The minimum atomic E-state index is -0.830. The van der Waals surface area contributed by atoms with Gasteiger partial charge in [0.25, 0.3) is 5.88 Å². The number of hydrazine groups is 1. The highest BCUT2D eigenvalue weighted by Gasteiger charge is 2.43. The van der Waals surface area contributed by atoms with E-state index >= 15 is 0 Å². The molecule has 7 rings (SSSR count). The third-order valence-electron chi connectivity index (χ3n) is 10.4. The molecule has 17 nitrogen and oxygen atoms in total. The van der Waals surface area contributed by atoms with Gasteiger partial charge in [-0.25, -0.2) is 4.98 Å². The molecule has 18 heteroatoms. The summed E-state index contributed by atoms with van der Waals surface area (Å²) in [6, 6.07) is 15.7. The number of aromatic nitrogens is 4. The summed E-state index contributed by atoms with van der Waals surface area (Å²) in [4.78, 5) is 34.3. The number of carbonyl (C=O) groups excluding carboxylic acids is 2. The third-order valence-corrected chi connectivity index (χ3v) is 11.4. The van der Waals surface area contributed by atoms with Crippen LogP contribution < -0.4 is 26.6 Å². The van der Waals surface area contributed by atoms with E-state index in [0.717, 1.165) is 32.8 Å². The van der Waals surface area contributed by atoms with E-state index < -0.39 is 18.1 Å². The van der Waals surface area contributed by atoms with E-state index in [1.54, 1.807) is 40.4 Å². The zero-order valence-corrected chi connectivity index (χ0v) is 35.1. The number of carbonyl (C=O) groups is 2. The molecule has 5 aromatic rings. The first-order chi connectivity index (χ1) is 29.5. The molecule has 0 saturated carbocycles. The van der Waals surface area contributed by atoms with Gasteiger partial charge >= 0.3 is 0 Å². The molecule has 0 spiro atoms. The summed E-state index contributed by atoms with van der Waals surface area (Å²) < 4.78 is 24.5. The lowest BCUT2D eigenvalue weighted by Crippen LogP contribution is -2.48. The lowest BCUT2D eigenvalue weighted by atomic mass is 9.91. The molecule has 2 aliphatic heterocycles. The normalized spacial score (nSPS) is 16.9. The molecular weight excluding hydrogens is 803 g/mol. The van der Waals surface area contributed by atoms with Gasteiger partial charge in [0.15, 0.2) is 5.76 Å². The number of para-hydroxylation sites is 1. The Morgan fingerprint density at radius 2 is 1.82 bits per heavy atom. The number of ether oxygens (including phenoxy) is 3. The number of thiazole rings is 1. The van der Waals surface area contributed by atoms with Gasteiger partial charge in [-0.15, -0.1) is 11.3 Å². The van der Waals surface area contributed by atoms with Gasteiger partial charge in [-0.05, 0) is 47.3 Å². The van der Waals surface area contributed by atoms with Crippen molar-refractivity contribution in [3.8, 4) is 22.1 Å².